The van der Waals surface area contributed by atoms with Crippen LogP contribution in [0.5, 0.6) is 0 Å². The zero-order valence-electron chi connectivity index (χ0n) is 12.4. The van der Waals surface area contributed by atoms with Crippen LogP contribution in [0.15, 0.2) is 23.1 Å². The molecule has 1 unspecified atom stereocenters. The summed E-state index contributed by atoms with van der Waals surface area (Å²) in [4.78, 5) is 0.349. The zero-order valence-corrected chi connectivity index (χ0v) is 13.2. The first-order valence-electron chi connectivity index (χ1n) is 7.02. The van der Waals surface area contributed by atoms with Crippen LogP contribution in [-0.4, -0.2) is 36.5 Å². The summed E-state index contributed by atoms with van der Waals surface area (Å²) in [6, 6.07) is 5.24. The molecule has 20 heavy (non-hydrogen) atoms. The molecule has 2 rings (SSSR count). The lowest BCUT2D eigenvalue weighted by Crippen LogP contribution is -2.33. The summed E-state index contributed by atoms with van der Waals surface area (Å²) in [7, 11) is -3.45. The van der Waals surface area contributed by atoms with Gasteiger partial charge in [-0.15, -0.1) is 0 Å². The molecule has 1 fully saturated rings. The minimum Gasteiger partial charge on any atom is -0.390 e. The van der Waals surface area contributed by atoms with Gasteiger partial charge in [0.1, 0.15) is 0 Å². The molecule has 1 aliphatic rings. The minimum atomic E-state index is -3.45. The summed E-state index contributed by atoms with van der Waals surface area (Å²) in [5.41, 5.74) is 1.31. The van der Waals surface area contributed by atoms with Crippen LogP contribution in [0.3, 0.4) is 0 Å². The van der Waals surface area contributed by atoms with Crippen LogP contribution < -0.4 is 0 Å². The third-order valence-corrected chi connectivity index (χ3v) is 6.03. The third-order valence-electron chi connectivity index (χ3n) is 4.14. The molecule has 112 valence electrons. The fraction of sp³-hybridized carbons (Fsp3) is 0.600. The Morgan fingerprint density at radius 2 is 1.85 bits per heavy atom. The highest BCUT2D eigenvalue weighted by molar-refractivity contribution is 7.89. The van der Waals surface area contributed by atoms with E-state index in [4.69, 9.17) is 0 Å². The van der Waals surface area contributed by atoms with Crippen molar-refractivity contribution in [3.8, 4) is 0 Å². The molecule has 0 aliphatic carbocycles. The molecule has 0 spiro atoms. The first-order chi connectivity index (χ1) is 9.22. The van der Waals surface area contributed by atoms with E-state index in [1.165, 1.54) is 4.31 Å². The van der Waals surface area contributed by atoms with Crippen molar-refractivity contribution in [1.82, 2.24) is 4.31 Å². The molecule has 0 saturated carbocycles. The Balaban J connectivity index is 2.28. The van der Waals surface area contributed by atoms with Gasteiger partial charge in [-0.1, -0.05) is 6.07 Å². The van der Waals surface area contributed by atoms with Gasteiger partial charge in [0.15, 0.2) is 0 Å². The van der Waals surface area contributed by atoms with Gasteiger partial charge >= 0.3 is 0 Å². The highest BCUT2D eigenvalue weighted by Crippen LogP contribution is 2.26. The molecular formula is C15H23NO3S. The predicted molar refractivity (Wildman–Crippen MR) is 79.1 cm³/mol. The third kappa shape index (κ3) is 3.22. The lowest BCUT2D eigenvalue weighted by Gasteiger charge is -2.22. The predicted octanol–water partition coefficient (Wildman–Crippen LogP) is 2.23. The van der Waals surface area contributed by atoms with Gasteiger partial charge in [0.2, 0.25) is 10.0 Å². The van der Waals surface area contributed by atoms with E-state index in [9.17, 15) is 13.5 Å². The zero-order chi connectivity index (χ0) is 15.0. The van der Waals surface area contributed by atoms with E-state index in [1.54, 1.807) is 19.1 Å². The van der Waals surface area contributed by atoms with Crippen molar-refractivity contribution in [3.63, 3.8) is 0 Å². The lowest BCUT2D eigenvalue weighted by atomic mass is 9.98. The van der Waals surface area contributed by atoms with Crippen molar-refractivity contribution in [1.29, 1.82) is 0 Å². The fourth-order valence-electron chi connectivity index (χ4n) is 2.50. The molecule has 0 radical (unpaired) electrons. The van der Waals surface area contributed by atoms with Crippen LogP contribution >= 0.6 is 0 Å². The molecule has 1 saturated heterocycles. The summed E-state index contributed by atoms with van der Waals surface area (Å²) in [6.45, 7) is 6.52. The van der Waals surface area contributed by atoms with Gasteiger partial charge in [-0.25, -0.2) is 8.42 Å². The molecule has 1 aliphatic heterocycles. The summed E-state index contributed by atoms with van der Waals surface area (Å²) < 4.78 is 26.8. The monoisotopic (exact) mass is 297 g/mol. The number of hydrogen-bond acceptors (Lipinski definition) is 3. The SMILES string of the molecule is Cc1ccc(S(=O)(=O)N2CCCC(C)(O)CC2)cc1C. The maximum Gasteiger partial charge on any atom is 0.243 e. The highest BCUT2D eigenvalue weighted by atomic mass is 32.2. The Labute approximate surface area is 121 Å². The van der Waals surface area contributed by atoms with Crippen LogP contribution in [0.4, 0.5) is 0 Å². The number of rotatable bonds is 2. The smallest absolute Gasteiger partial charge is 0.243 e. The van der Waals surface area contributed by atoms with Crippen LogP contribution in [0.25, 0.3) is 0 Å². The van der Waals surface area contributed by atoms with E-state index in [0.717, 1.165) is 11.1 Å². The molecule has 0 bridgehead atoms. The topological polar surface area (TPSA) is 57.6 Å². The number of sulfonamides is 1. The van der Waals surface area contributed by atoms with Gasteiger partial charge in [0.25, 0.3) is 0 Å². The van der Waals surface area contributed by atoms with E-state index in [1.807, 2.05) is 19.9 Å². The Hall–Kier alpha value is -0.910. The van der Waals surface area contributed by atoms with E-state index >= 15 is 0 Å². The first kappa shape index (κ1) is 15.5. The van der Waals surface area contributed by atoms with Crippen molar-refractivity contribution >= 4 is 10.0 Å². The average molecular weight is 297 g/mol. The number of hydrogen-bond donors (Lipinski definition) is 1. The molecule has 5 heteroatoms. The van der Waals surface area contributed by atoms with Crippen LogP contribution in [0.2, 0.25) is 0 Å². The standard InChI is InChI=1S/C15H23NO3S/c1-12-5-6-14(11-13(12)2)20(18,19)16-9-4-7-15(3,17)8-10-16/h5-6,11,17H,4,7-10H2,1-3H3. The van der Waals surface area contributed by atoms with E-state index in [2.05, 4.69) is 0 Å². The Morgan fingerprint density at radius 3 is 2.50 bits per heavy atom. The van der Waals surface area contributed by atoms with Gasteiger partial charge in [0.05, 0.1) is 10.5 Å². The van der Waals surface area contributed by atoms with Gasteiger partial charge in [0, 0.05) is 13.1 Å². The van der Waals surface area contributed by atoms with Crippen molar-refractivity contribution < 1.29 is 13.5 Å². The molecule has 1 atom stereocenters. The van der Waals surface area contributed by atoms with E-state index in [-0.39, 0.29) is 0 Å². The fourth-order valence-corrected chi connectivity index (χ4v) is 4.07. The second-order valence-corrected chi connectivity index (χ2v) is 7.94. The maximum atomic E-state index is 12.7. The van der Waals surface area contributed by atoms with Crippen LogP contribution in [-0.2, 0) is 10.0 Å². The maximum absolute atomic E-state index is 12.7. The molecule has 0 aromatic heterocycles. The van der Waals surface area contributed by atoms with Gasteiger partial charge in [-0.2, -0.15) is 4.31 Å². The Kier molecular flexibility index (Phi) is 4.23. The Morgan fingerprint density at radius 1 is 1.15 bits per heavy atom. The van der Waals surface area contributed by atoms with Gasteiger partial charge < -0.3 is 5.11 Å². The van der Waals surface area contributed by atoms with Crippen molar-refractivity contribution in [2.24, 2.45) is 0 Å². The summed E-state index contributed by atoms with van der Waals surface area (Å²) in [6.07, 6.45) is 1.82. The second-order valence-electron chi connectivity index (χ2n) is 6.00. The molecule has 1 N–H and O–H groups in total. The van der Waals surface area contributed by atoms with Crippen LogP contribution in [0.1, 0.15) is 37.3 Å². The molecule has 1 heterocycles. The van der Waals surface area contributed by atoms with E-state index < -0.39 is 15.6 Å². The van der Waals surface area contributed by atoms with Gasteiger partial charge in [-0.05, 0) is 63.3 Å². The second kappa shape index (κ2) is 5.47. The summed E-state index contributed by atoms with van der Waals surface area (Å²) in [5.74, 6) is 0. The van der Waals surface area contributed by atoms with Crippen LogP contribution in [0, 0.1) is 13.8 Å². The lowest BCUT2D eigenvalue weighted by molar-refractivity contribution is 0.0465. The highest BCUT2D eigenvalue weighted by Gasteiger charge is 2.31. The normalized spacial score (nSPS) is 25.4. The Bertz CT molecular complexity index is 593. The first-order valence-corrected chi connectivity index (χ1v) is 8.46. The molecule has 1 aromatic rings. The quantitative estimate of drug-likeness (QED) is 0.910. The number of nitrogens with zero attached hydrogens (tertiary/aromatic N) is 1. The average Bonchev–Trinajstić information content (AvgIpc) is 2.54. The van der Waals surface area contributed by atoms with Gasteiger partial charge in [-0.3, -0.25) is 0 Å². The summed E-state index contributed by atoms with van der Waals surface area (Å²) >= 11 is 0. The van der Waals surface area contributed by atoms with E-state index in [0.29, 0.717) is 37.2 Å². The molecule has 0 amide bonds. The summed E-state index contributed by atoms with van der Waals surface area (Å²) in [5, 5.41) is 10.1. The molecule has 1 aromatic carbocycles. The van der Waals surface area contributed by atoms with Crippen molar-refractivity contribution in [3.05, 3.63) is 29.3 Å². The minimum absolute atomic E-state index is 0.349. The number of aryl methyl sites for hydroxylation is 2. The number of aliphatic hydroxyl groups is 1. The largest absolute Gasteiger partial charge is 0.390 e. The van der Waals surface area contributed by atoms with Crippen molar-refractivity contribution in [2.75, 3.05) is 13.1 Å². The molecule has 4 nitrogen and oxygen atoms in total. The number of benzene rings is 1. The van der Waals surface area contributed by atoms with Crippen molar-refractivity contribution in [2.45, 2.75) is 50.5 Å². The molecular weight excluding hydrogens is 274 g/mol.